The SMILES string of the molecule is NC(=O)CCNCC(=O)N1CCOCC1. The fourth-order valence-corrected chi connectivity index (χ4v) is 1.33. The van der Waals surface area contributed by atoms with Gasteiger partial charge < -0.3 is 20.7 Å². The minimum absolute atomic E-state index is 0.0442. The van der Waals surface area contributed by atoms with E-state index in [0.717, 1.165) is 0 Å². The molecule has 2 amide bonds. The van der Waals surface area contributed by atoms with E-state index in [1.165, 1.54) is 0 Å². The van der Waals surface area contributed by atoms with E-state index in [9.17, 15) is 9.59 Å². The number of primary amides is 1. The van der Waals surface area contributed by atoms with Gasteiger partial charge in [0, 0.05) is 26.1 Å². The summed E-state index contributed by atoms with van der Waals surface area (Å²) in [5.41, 5.74) is 4.96. The number of hydrogen-bond donors (Lipinski definition) is 2. The van der Waals surface area contributed by atoms with Crippen LogP contribution in [-0.4, -0.2) is 56.1 Å². The van der Waals surface area contributed by atoms with Crippen LogP contribution in [0.25, 0.3) is 0 Å². The summed E-state index contributed by atoms with van der Waals surface area (Å²) in [6.45, 7) is 3.21. The third kappa shape index (κ3) is 4.75. The van der Waals surface area contributed by atoms with Crippen LogP contribution in [-0.2, 0) is 14.3 Å². The molecule has 1 fully saturated rings. The van der Waals surface area contributed by atoms with E-state index in [0.29, 0.717) is 32.8 Å². The second-order valence-electron chi connectivity index (χ2n) is 3.39. The smallest absolute Gasteiger partial charge is 0.236 e. The molecular weight excluding hydrogens is 198 g/mol. The molecule has 6 nitrogen and oxygen atoms in total. The van der Waals surface area contributed by atoms with Crippen molar-refractivity contribution in [1.82, 2.24) is 10.2 Å². The van der Waals surface area contributed by atoms with Crippen molar-refractivity contribution in [2.45, 2.75) is 6.42 Å². The number of nitrogens with one attached hydrogen (secondary N) is 1. The van der Waals surface area contributed by atoms with Crippen LogP contribution >= 0.6 is 0 Å². The van der Waals surface area contributed by atoms with Crippen LogP contribution in [0.3, 0.4) is 0 Å². The Bertz CT molecular complexity index is 227. The van der Waals surface area contributed by atoms with Crippen LogP contribution in [0.5, 0.6) is 0 Å². The van der Waals surface area contributed by atoms with Crippen molar-refractivity contribution in [2.24, 2.45) is 5.73 Å². The Balaban J connectivity index is 2.09. The van der Waals surface area contributed by atoms with E-state index in [1.807, 2.05) is 0 Å². The normalized spacial score (nSPS) is 16.4. The molecule has 1 aliphatic rings. The zero-order valence-corrected chi connectivity index (χ0v) is 8.70. The van der Waals surface area contributed by atoms with Crippen LogP contribution in [0.4, 0.5) is 0 Å². The molecular formula is C9H17N3O3. The summed E-state index contributed by atoms with van der Waals surface area (Å²) in [4.78, 5) is 23.7. The van der Waals surface area contributed by atoms with Gasteiger partial charge in [-0.2, -0.15) is 0 Å². The predicted octanol–water partition coefficient (Wildman–Crippen LogP) is -1.69. The molecule has 1 aliphatic heterocycles. The highest BCUT2D eigenvalue weighted by Crippen LogP contribution is 1.96. The molecule has 86 valence electrons. The largest absolute Gasteiger partial charge is 0.378 e. The maximum absolute atomic E-state index is 11.5. The van der Waals surface area contributed by atoms with Gasteiger partial charge in [-0.25, -0.2) is 0 Å². The third-order valence-corrected chi connectivity index (χ3v) is 2.19. The molecule has 0 bridgehead atoms. The average Bonchev–Trinajstić information content (AvgIpc) is 2.25. The maximum atomic E-state index is 11.5. The van der Waals surface area contributed by atoms with Gasteiger partial charge in [0.2, 0.25) is 11.8 Å². The Morgan fingerprint density at radius 1 is 1.33 bits per heavy atom. The summed E-state index contributed by atoms with van der Waals surface area (Å²) in [6, 6.07) is 0. The number of morpholine rings is 1. The number of carbonyl (C=O) groups is 2. The molecule has 0 aromatic carbocycles. The molecule has 0 unspecified atom stereocenters. The Labute approximate surface area is 88.7 Å². The van der Waals surface area contributed by atoms with E-state index in [1.54, 1.807) is 4.90 Å². The molecule has 0 spiro atoms. The van der Waals surface area contributed by atoms with Gasteiger partial charge >= 0.3 is 0 Å². The topological polar surface area (TPSA) is 84.7 Å². The zero-order valence-electron chi connectivity index (χ0n) is 8.70. The van der Waals surface area contributed by atoms with E-state index >= 15 is 0 Å². The highest BCUT2D eigenvalue weighted by molar-refractivity contribution is 5.78. The highest BCUT2D eigenvalue weighted by atomic mass is 16.5. The number of amides is 2. The number of rotatable bonds is 5. The number of hydrogen-bond acceptors (Lipinski definition) is 4. The van der Waals surface area contributed by atoms with Gasteiger partial charge in [0.1, 0.15) is 0 Å². The second kappa shape index (κ2) is 6.36. The highest BCUT2D eigenvalue weighted by Gasteiger charge is 2.15. The van der Waals surface area contributed by atoms with Gasteiger partial charge in [-0.1, -0.05) is 0 Å². The van der Waals surface area contributed by atoms with Crippen LogP contribution in [0.15, 0.2) is 0 Å². The fourth-order valence-electron chi connectivity index (χ4n) is 1.33. The van der Waals surface area contributed by atoms with Gasteiger partial charge in [0.05, 0.1) is 19.8 Å². The lowest BCUT2D eigenvalue weighted by atomic mass is 10.3. The predicted molar refractivity (Wildman–Crippen MR) is 54.1 cm³/mol. The molecule has 0 aromatic heterocycles. The first-order valence-corrected chi connectivity index (χ1v) is 5.04. The first-order valence-electron chi connectivity index (χ1n) is 5.04. The van der Waals surface area contributed by atoms with Crippen molar-refractivity contribution in [2.75, 3.05) is 39.4 Å². The van der Waals surface area contributed by atoms with Crippen molar-refractivity contribution in [3.8, 4) is 0 Å². The quantitative estimate of drug-likeness (QED) is 0.536. The Kier molecular flexibility index (Phi) is 5.06. The molecule has 0 radical (unpaired) electrons. The number of nitrogens with two attached hydrogens (primary N) is 1. The summed E-state index contributed by atoms with van der Waals surface area (Å²) in [7, 11) is 0. The molecule has 1 rings (SSSR count). The minimum Gasteiger partial charge on any atom is -0.378 e. The summed E-state index contributed by atoms with van der Waals surface area (Å²) in [6.07, 6.45) is 0.260. The maximum Gasteiger partial charge on any atom is 0.236 e. The lowest BCUT2D eigenvalue weighted by Gasteiger charge is -2.26. The van der Waals surface area contributed by atoms with Crippen molar-refractivity contribution in [3.63, 3.8) is 0 Å². The molecule has 6 heteroatoms. The zero-order chi connectivity index (χ0) is 11.1. The lowest BCUT2D eigenvalue weighted by Crippen LogP contribution is -2.45. The molecule has 0 atom stereocenters. The summed E-state index contributed by atoms with van der Waals surface area (Å²) in [5, 5.41) is 2.88. The Hall–Kier alpha value is -1.14. The molecule has 3 N–H and O–H groups in total. The monoisotopic (exact) mass is 215 g/mol. The van der Waals surface area contributed by atoms with E-state index in [-0.39, 0.29) is 24.8 Å². The molecule has 1 saturated heterocycles. The number of ether oxygens (including phenoxy) is 1. The minimum atomic E-state index is -0.360. The molecule has 0 saturated carbocycles. The van der Waals surface area contributed by atoms with Gasteiger partial charge in [0.25, 0.3) is 0 Å². The van der Waals surface area contributed by atoms with Crippen LogP contribution < -0.4 is 11.1 Å². The third-order valence-electron chi connectivity index (χ3n) is 2.19. The van der Waals surface area contributed by atoms with Crippen molar-refractivity contribution >= 4 is 11.8 Å². The van der Waals surface area contributed by atoms with Crippen LogP contribution in [0, 0.1) is 0 Å². The number of carbonyl (C=O) groups excluding carboxylic acids is 2. The Morgan fingerprint density at radius 3 is 2.60 bits per heavy atom. The number of nitrogens with zero attached hydrogens (tertiary/aromatic N) is 1. The fraction of sp³-hybridized carbons (Fsp3) is 0.778. The molecule has 0 aromatic rings. The summed E-state index contributed by atoms with van der Waals surface area (Å²) >= 11 is 0. The van der Waals surface area contributed by atoms with Gasteiger partial charge in [-0.3, -0.25) is 9.59 Å². The van der Waals surface area contributed by atoms with Gasteiger partial charge in [-0.15, -0.1) is 0 Å². The van der Waals surface area contributed by atoms with Gasteiger partial charge in [-0.05, 0) is 0 Å². The van der Waals surface area contributed by atoms with Gasteiger partial charge in [0.15, 0.2) is 0 Å². The first-order chi connectivity index (χ1) is 7.20. The van der Waals surface area contributed by atoms with E-state index < -0.39 is 0 Å². The summed E-state index contributed by atoms with van der Waals surface area (Å²) < 4.78 is 5.13. The second-order valence-corrected chi connectivity index (χ2v) is 3.39. The van der Waals surface area contributed by atoms with Crippen LogP contribution in [0.1, 0.15) is 6.42 Å². The van der Waals surface area contributed by atoms with E-state index in [2.05, 4.69) is 5.32 Å². The molecule has 0 aliphatic carbocycles. The van der Waals surface area contributed by atoms with Crippen molar-refractivity contribution < 1.29 is 14.3 Å². The van der Waals surface area contributed by atoms with Crippen molar-refractivity contribution in [1.29, 1.82) is 0 Å². The summed E-state index contributed by atoms with van der Waals surface area (Å²) in [5.74, 6) is -0.316. The standard InChI is InChI=1S/C9H17N3O3/c10-8(13)1-2-11-7-9(14)12-3-5-15-6-4-12/h11H,1-7H2,(H2,10,13). The molecule has 1 heterocycles. The van der Waals surface area contributed by atoms with Crippen molar-refractivity contribution in [3.05, 3.63) is 0 Å². The van der Waals surface area contributed by atoms with Crippen LogP contribution in [0.2, 0.25) is 0 Å². The van der Waals surface area contributed by atoms with E-state index in [4.69, 9.17) is 10.5 Å². The lowest BCUT2D eigenvalue weighted by molar-refractivity contribution is -0.134. The molecule has 15 heavy (non-hydrogen) atoms. The average molecular weight is 215 g/mol. The Morgan fingerprint density at radius 2 is 2.00 bits per heavy atom. The first kappa shape index (κ1) is 11.9.